The van der Waals surface area contributed by atoms with Gasteiger partial charge in [0.2, 0.25) is 0 Å². The molecule has 6 nitrogen and oxygen atoms in total. The van der Waals surface area contributed by atoms with Gasteiger partial charge in [-0.2, -0.15) is 5.10 Å². The van der Waals surface area contributed by atoms with Crippen LogP contribution in [-0.4, -0.2) is 34.7 Å². The first-order valence-electron chi connectivity index (χ1n) is 11.6. The zero-order valence-corrected chi connectivity index (χ0v) is 20.4. The van der Waals surface area contributed by atoms with Crippen LogP contribution >= 0.6 is 11.6 Å². The van der Waals surface area contributed by atoms with E-state index in [2.05, 4.69) is 17.1 Å². The number of nitrogens with one attached hydrogen (secondary N) is 1. The number of benzene rings is 3. The van der Waals surface area contributed by atoms with Gasteiger partial charge in [-0.3, -0.25) is 9.89 Å². The van der Waals surface area contributed by atoms with Gasteiger partial charge in [-0.05, 0) is 53.9 Å². The van der Waals surface area contributed by atoms with Crippen LogP contribution < -0.4 is 9.47 Å². The number of hydrogen-bond donors (Lipinski definition) is 1. The number of nitrogens with zero attached hydrogens (tertiary/aromatic N) is 2. The van der Waals surface area contributed by atoms with Gasteiger partial charge in [0.25, 0.3) is 5.91 Å². The summed E-state index contributed by atoms with van der Waals surface area (Å²) in [6.07, 6.45) is 0.919. The fourth-order valence-corrected chi connectivity index (χ4v) is 4.58. The van der Waals surface area contributed by atoms with Crippen LogP contribution in [0.3, 0.4) is 0 Å². The average Bonchev–Trinajstić information content (AvgIpc) is 3.43. The molecular formula is C28H26ClN3O3. The molecule has 0 saturated carbocycles. The summed E-state index contributed by atoms with van der Waals surface area (Å²) >= 11 is 6.12. The smallest absolute Gasteiger partial charge is 0.273 e. The maximum absolute atomic E-state index is 13.6. The summed E-state index contributed by atoms with van der Waals surface area (Å²) in [5.41, 5.74) is 4.98. The monoisotopic (exact) mass is 487 g/mol. The molecule has 0 fully saturated rings. The molecule has 0 bridgehead atoms. The molecule has 4 aromatic rings. The van der Waals surface area contributed by atoms with Gasteiger partial charge in [0.05, 0.1) is 25.5 Å². The van der Waals surface area contributed by atoms with E-state index in [1.165, 1.54) is 0 Å². The number of hydrogen-bond acceptors (Lipinski definition) is 4. The normalized spacial score (nSPS) is 14.8. The first-order chi connectivity index (χ1) is 17.1. The highest BCUT2D eigenvalue weighted by Gasteiger charge is 2.42. The third kappa shape index (κ3) is 4.49. The molecule has 0 saturated heterocycles. The van der Waals surface area contributed by atoms with Gasteiger partial charge in [-0.15, -0.1) is 0 Å². The molecule has 3 aromatic carbocycles. The highest BCUT2D eigenvalue weighted by Crippen LogP contribution is 2.44. The zero-order chi connectivity index (χ0) is 24.4. The number of carbonyl (C=O) groups is 1. The maximum atomic E-state index is 13.6. The molecule has 0 spiro atoms. The summed E-state index contributed by atoms with van der Waals surface area (Å²) in [5.74, 6) is 1.47. The third-order valence-electron chi connectivity index (χ3n) is 6.14. The summed E-state index contributed by atoms with van der Waals surface area (Å²) in [5, 5.41) is 8.19. The molecule has 1 aromatic heterocycles. The van der Waals surface area contributed by atoms with Crippen LogP contribution in [0.25, 0.3) is 11.3 Å². The molecule has 1 atom stereocenters. The molecule has 2 heterocycles. The van der Waals surface area contributed by atoms with E-state index in [1.807, 2.05) is 77.7 Å². The standard InChI is InChI=1S/C28H26ClN3O3/c1-3-15-35-23-6-4-5-20(16-23)27-24-25(19-9-11-21(29)12-10-19)30-31-26(24)28(33)32(27)17-18-7-13-22(34-2)14-8-18/h4-14,16,27H,3,15,17H2,1-2H3,(H,30,31). The Morgan fingerprint density at radius 3 is 2.51 bits per heavy atom. The SMILES string of the molecule is CCCOc1cccc(C2c3c(-c4ccc(Cl)cc4)n[nH]c3C(=O)N2Cc2ccc(OC)cc2)c1. The number of aromatic nitrogens is 2. The quantitative estimate of drug-likeness (QED) is 0.318. The van der Waals surface area contributed by atoms with Crippen LogP contribution in [0.2, 0.25) is 5.02 Å². The van der Waals surface area contributed by atoms with Crippen LogP contribution in [0.15, 0.2) is 72.8 Å². The second-order valence-corrected chi connectivity index (χ2v) is 8.91. The number of carbonyl (C=O) groups excluding carboxylic acids is 1. The maximum Gasteiger partial charge on any atom is 0.273 e. The van der Waals surface area contributed by atoms with E-state index in [4.69, 9.17) is 21.1 Å². The summed E-state index contributed by atoms with van der Waals surface area (Å²) in [4.78, 5) is 15.5. The fourth-order valence-electron chi connectivity index (χ4n) is 4.46. The Kier molecular flexibility index (Phi) is 6.47. The first kappa shape index (κ1) is 23.0. The Bertz CT molecular complexity index is 1330. The van der Waals surface area contributed by atoms with Crippen molar-refractivity contribution in [1.29, 1.82) is 0 Å². The molecule has 178 valence electrons. The Balaban J connectivity index is 1.59. The van der Waals surface area contributed by atoms with Gasteiger partial charge in [0, 0.05) is 22.7 Å². The Morgan fingerprint density at radius 2 is 1.80 bits per heavy atom. The largest absolute Gasteiger partial charge is 0.497 e. The topological polar surface area (TPSA) is 67.5 Å². The second-order valence-electron chi connectivity index (χ2n) is 8.47. The van der Waals surface area contributed by atoms with Crippen molar-refractivity contribution < 1.29 is 14.3 Å². The summed E-state index contributed by atoms with van der Waals surface area (Å²) < 4.78 is 11.2. The molecule has 1 N–H and O–H groups in total. The van der Waals surface area contributed by atoms with Crippen molar-refractivity contribution in [1.82, 2.24) is 15.1 Å². The molecule has 35 heavy (non-hydrogen) atoms. The number of aromatic amines is 1. The van der Waals surface area contributed by atoms with Crippen molar-refractivity contribution in [3.63, 3.8) is 0 Å². The minimum Gasteiger partial charge on any atom is -0.497 e. The van der Waals surface area contributed by atoms with E-state index in [-0.39, 0.29) is 11.9 Å². The first-order valence-corrected chi connectivity index (χ1v) is 12.0. The van der Waals surface area contributed by atoms with E-state index in [1.54, 1.807) is 7.11 Å². The molecule has 7 heteroatoms. The van der Waals surface area contributed by atoms with Crippen LogP contribution in [0, 0.1) is 0 Å². The van der Waals surface area contributed by atoms with E-state index in [0.717, 1.165) is 45.9 Å². The average molecular weight is 488 g/mol. The number of halogens is 1. The summed E-state index contributed by atoms with van der Waals surface area (Å²) in [6.45, 7) is 3.15. The second kappa shape index (κ2) is 9.84. The number of fused-ring (bicyclic) bond motifs is 1. The minimum atomic E-state index is -0.325. The minimum absolute atomic E-state index is 0.0894. The van der Waals surface area contributed by atoms with Crippen molar-refractivity contribution in [2.24, 2.45) is 0 Å². The van der Waals surface area contributed by atoms with Crippen molar-refractivity contribution in [2.75, 3.05) is 13.7 Å². The van der Waals surface area contributed by atoms with Crippen molar-refractivity contribution in [2.45, 2.75) is 25.9 Å². The fraction of sp³-hybridized carbons (Fsp3) is 0.214. The van der Waals surface area contributed by atoms with Crippen LogP contribution in [0.1, 0.15) is 46.6 Å². The third-order valence-corrected chi connectivity index (χ3v) is 6.39. The van der Waals surface area contributed by atoms with Gasteiger partial charge in [0.1, 0.15) is 17.2 Å². The predicted molar refractivity (Wildman–Crippen MR) is 136 cm³/mol. The van der Waals surface area contributed by atoms with Gasteiger partial charge in [-0.1, -0.05) is 54.9 Å². The van der Waals surface area contributed by atoms with Gasteiger partial charge < -0.3 is 14.4 Å². The molecule has 1 unspecified atom stereocenters. The van der Waals surface area contributed by atoms with Crippen molar-refractivity contribution in [3.8, 4) is 22.8 Å². The van der Waals surface area contributed by atoms with Crippen molar-refractivity contribution >= 4 is 17.5 Å². The lowest BCUT2D eigenvalue weighted by Gasteiger charge is -2.27. The molecular weight excluding hydrogens is 462 g/mol. The van der Waals surface area contributed by atoms with Gasteiger partial charge in [-0.25, -0.2) is 0 Å². The lowest BCUT2D eigenvalue weighted by molar-refractivity contribution is 0.0730. The highest BCUT2D eigenvalue weighted by molar-refractivity contribution is 6.30. The zero-order valence-electron chi connectivity index (χ0n) is 19.6. The molecule has 1 aliphatic rings. The number of amides is 1. The molecule has 5 rings (SSSR count). The molecule has 0 radical (unpaired) electrons. The highest BCUT2D eigenvalue weighted by atomic mass is 35.5. The van der Waals surface area contributed by atoms with E-state index in [9.17, 15) is 4.79 Å². The van der Waals surface area contributed by atoms with E-state index in [0.29, 0.717) is 23.9 Å². The van der Waals surface area contributed by atoms with Gasteiger partial charge >= 0.3 is 0 Å². The predicted octanol–water partition coefficient (Wildman–Crippen LogP) is 6.27. The van der Waals surface area contributed by atoms with Crippen molar-refractivity contribution in [3.05, 3.63) is 100 Å². The number of rotatable bonds is 8. The Labute approximate surface area is 209 Å². The number of ether oxygens (including phenoxy) is 2. The Hall–Kier alpha value is -3.77. The summed E-state index contributed by atoms with van der Waals surface area (Å²) in [7, 11) is 1.64. The van der Waals surface area contributed by atoms with Crippen LogP contribution in [0.4, 0.5) is 0 Å². The lowest BCUT2D eigenvalue weighted by Crippen LogP contribution is -2.29. The molecule has 1 aliphatic heterocycles. The van der Waals surface area contributed by atoms with Crippen LogP contribution in [0.5, 0.6) is 11.5 Å². The summed E-state index contributed by atoms with van der Waals surface area (Å²) in [6, 6.07) is 22.9. The van der Waals surface area contributed by atoms with E-state index < -0.39 is 0 Å². The molecule has 1 amide bonds. The van der Waals surface area contributed by atoms with Crippen LogP contribution in [-0.2, 0) is 6.54 Å². The molecule has 0 aliphatic carbocycles. The number of H-pyrrole nitrogens is 1. The number of methoxy groups -OCH3 is 1. The Morgan fingerprint density at radius 1 is 1.03 bits per heavy atom. The lowest BCUT2D eigenvalue weighted by atomic mass is 9.95. The van der Waals surface area contributed by atoms with Gasteiger partial charge in [0.15, 0.2) is 0 Å². The van der Waals surface area contributed by atoms with E-state index >= 15 is 0 Å².